The van der Waals surface area contributed by atoms with Crippen molar-refractivity contribution in [1.82, 2.24) is 5.32 Å². The van der Waals surface area contributed by atoms with Gasteiger partial charge in [0.2, 0.25) is 0 Å². The Bertz CT molecular complexity index is 512. The number of nitrogens with two attached hydrogens (primary N) is 1. The summed E-state index contributed by atoms with van der Waals surface area (Å²) in [6.07, 6.45) is 0. The lowest BCUT2D eigenvalue weighted by Crippen LogP contribution is -2.41. The highest BCUT2D eigenvalue weighted by Crippen LogP contribution is 2.20. The Morgan fingerprint density at radius 1 is 1.50 bits per heavy atom. The van der Waals surface area contributed by atoms with E-state index < -0.39 is 35.5 Å². The molecule has 20 heavy (non-hydrogen) atoms. The Labute approximate surface area is 119 Å². The maximum Gasteiger partial charge on any atom is 0.282 e. The Morgan fingerprint density at radius 2 is 2.10 bits per heavy atom. The van der Waals surface area contributed by atoms with Crippen molar-refractivity contribution >= 4 is 24.0 Å². The first-order valence-electron chi connectivity index (χ1n) is 5.38. The van der Waals surface area contributed by atoms with Gasteiger partial charge in [0, 0.05) is 6.07 Å². The molecular weight excluding hydrogens is 296 g/mol. The molecule has 1 aromatic rings. The Hall–Kier alpha value is -1.80. The van der Waals surface area contributed by atoms with Crippen LogP contribution in [-0.4, -0.2) is 29.8 Å². The summed E-state index contributed by atoms with van der Waals surface area (Å²) in [4.78, 5) is 21.7. The van der Waals surface area contributed by atoms with Crippen LogP contribution in [0.15, 0.2) is 18.2 Å². The minimum atomic E-state index is -3.24. The summed E-state index contributed by atoms with van der Waals surface area (Å²) in [5, 5.41) is 12.7. The topological polar surface area (TPSA) is 98.3 Å². The fourth-order valence-electron chi connectivity index (χ4n) is 1.37. The second-order valence-corrected chi connectivity index (χ2v) is 4.02. The van der Waals surface area contributed by atoms with Crippen molar-refractivity contribution in [3.63, 3.8) is 0 Å². The first-order chi connectivity index (χ1) is 8.76. The molecule has 3 N–H and O–H groups in total. The second kappa shape index (κ2) is 7.11. The van der Waals surface area contributed by atoms with Gasteiger partial charge in [-0.2, -0.15) is 0 Å². The molecule has 0 aromatic heterocycles. The molecule has 0 unspecified atom stereocenters. The van der Waals surface area contributed by atoms with Crippen LogP contribution in [0, 0.1) is 17.0 Å². The number of aryl methyl sites for hydroxylation is 1. The monoisotopic (exact) mass is 309 g/mol. The number of carbonyl (C=O) groups excluding carboxylic acids is 1. The number of hydrogen-bond acceptors (Lipinski definition) is 4. The number of hydrogen-bond donors (Lipinski definition) is 2. The summed E-state index contributed by atoms with van der Waals surface area (Å²) in [6.45, 7) is -0.244. The van der Waals surface area contributed by atoms with Crippen molar-refractivity contribution in [2.75, 3.05) is 13.1 Å². The molecule has 0 bridgehead atoms. The molecule has 1 rings (SSSR count). The highest BCUT2D eigenvalue weighted by molar-refractivity contribution is 5.98. The van der Waals surface area contributed by atoms with Crippen molar-refractivity contribution in [3.05, 3.63) is 39.4 Å². The molecule has 0 fully saturated rings. The van der Waals surface area contributed by atoms with E-state index in [1.807, 2.05) is 5.32 Å². The van der Waals surface area contributed by atoms with Gasteiger partial charge in [-0.05, 0) is 18.6 Å². The third-order valence-electron chi connectivity index (χ3n) is 2.40. The van der Waals surface area contributed by atoms with E-state index in [0.29, 0.717) is 5.56 Å². The molecule has 0 aliphatic carbocycles. The molecule has 112 valence electrons. The molecule has 0 aliphatic rings. The van der Waals surface area contributed by atoms with Gasteiger partial charge in [-0.1, -0.05) is 6.07 Å². The second-order valence-electron chi connectivity index (χ2n) is 4.02. The summed E-state index contributed by atoms with van der Waals surface area (Å²) in [5.74, 6) is -4.17. The third kappa shape index (κ3) is 4.71. The largest absolute Gasteiger partial charge is 0.346 e. The molecule has 0 heterocycles. The summed E-state index contributed by atoms with van der Waals surface area (Å²) < 4.78 is 25.8. The van der Waals surface area contributed by atoms with Crippen molar-refractivity contribution in [1.29, 1.82) is 0 Å². The third-order valence-corrected chi connectivity index (χ3v) is 2.40. The predicted molar refractivity (Wildman–Crippen MR) is 71.4 cm³/mol. The quantitative estimate of drug-likeness (QED) is 0.638. The van der Waals surface area contributed by atoms with Gasteiger partial charge >= 0.3 is 0 Å². The van der Waals surface area contributed by atoms with Crippen LogP contribution in [0.2, 0.25) is 0 Å². The van der Waals surface area contributed by atoms with Gasteiger partial charge in [-0.25, -0.2) is 8.78 Å². The van der Waals surface area contributed by atoms with E-state index in [2.05, 4.69) is 0 Å². The van der Waals surface area contributed by atoms with Gasteiger partial charge in [0.25, 0.3) is 17.5 Å². The Kier molecular flexibility index (Phi) is 6.47. The van der Waals surface area contributed by atoms with Gasteiger partial charge in [-0.3, -0.25) is 14.9 Å². The fraction of sp³-hybridized carbons (Fsp3) is 0.364. The van der Waals surface area contributed by atoms with Crippen LogP contribution in [-0.2, 0) is 0 Å². The van der Waals surface area contributed by atoms with Gasteiger partial charge in [0.05, 0.1) is 18.0 Å². The lowest BCUT2D eigenvalue weighted by atomic mass is 10.1. The predicted octanol–water partition coefficient (Wildman–Crippen LogP) is 1.65. The highest BCUT2D eigenvalue weighted by Gasteiger charge is 2.29. The molecule has 0 atom stereocenters. The van der Waals surface area contributed by atoms with Crippen molar-refractivity contribution in [2.45, 2.75) is 12.8 Å². The van der Waals surface area contributed by atoms with Crippen molar-refractivity contribution in [2.24, 2.45) is 5.73 Å². The van der Waals surface area contributed by atoms with Crippen LogP contribution in [0.3, 0.4) is 0 Å². The summed E-state index contributed by atoms with van der Waals surface area (Å²) in [7, 11) is 0. The number of rotatable bonds is 5. The molecule has 0 radical (unpaired) electrons. The Balaban J connectivity index is 0.00000361. The zero-order valence-corrected chi connectivity index (χ0v) is 11.4. The van der Waals surface area contributed by atoms with Gasteiger partial charge in [0.15, 0.2) is 0 Å². The van der Waals surface area contributed by atoms with E-state index in [0.717, 1.165) is 6.07 Å². The maximum atomic E-state index is 12.9. The number of carbonyl (C=O) groups is 1. The molecular formula is C11H14ClF2N3O3. The summed E-state index contributed by atoms with van der Waals surface area (Å²) in [6, 6.07) is 3.89. The van der Waals surface area contributed by atoms with Gasteiger partial charge < -0.3 is 11.1 Å². The van der Waals surface area contributed by atoms with Crippen LogP contribution in [0.1, 0.15) is 15.9 Å². The van der Waals surface area contributed by atoms with Crippen LogP contribution >= 0.6 is 12.4 Å². The molecule has 9 heteroatoms. The van der Waals surface area contributed by atoms with Crippen LogP contribution < -0.4 is 11.1 Å². The molecule has 1 aromatic carbocycles. The number of nitro groups is 1. The first kappa shape index (κ1) is 18.2. The standard InChI is InChI=1S/C11H13F2N3O3.ClH/c1-7-2-3-9(16(18)19)8(4-7)10(17)15-6-11(12,13)5-14;/h2-4H,5-6,14H2,1H3,(H,15,17);1H. The number of halogens is 3. The SMILES string of the molecule is Cc1ccc([N+](=O)[O-])c(C(=O)NCC(F)(F)CN)c1.Cl. The maximum absolute atomic E-state index is 12.9. The lowest BCUT2D eigenvalue weighted by molar-refractivity contribution is -0.385. The van der Waals surface area contributed by atoms with E-state index in [1.54, 1.807) is 6.92 Å². The molecule has 1 amide bonds. The molecule has 0 aliphatic heterocycles. The number of nitro benzene ring substituents is 1. The van der Waals surface area contributed by atoms with Crippen molar-refractivity contribution < 1.29 is 18.5 Å². The van der Waals surface area contributed by atoms with Crippen molar-refractivity contribution in [3.8, 4) is 0 Å². The van der Waals surface area contributed by atoms with Gasteiger partial charge in [0.1, 0.15) is 5.56 Å². The minimum absolute atomic E-state index is 0. The number of alkyl halides is 2. The first-order valence-corrected chi connectivity index (χ1v) is 5.38. The minimum Gasteiger partial charge on any atom is -0.346 e. The smallest absolute Gasteiger partial charge is 0.282 e. The van der Waals surface area contributed by atoms with E-state index in [1.165, 1.54) is 12.1 Å². The number of nitrogens with one attached hydrogen (secondary N) is 1. The van der Waals surface area contributed by atoms with Crippen LogP contribution in [0.25, 0.3) is 0 Å². The van der Waals surface area contributed by atoms with Crippen LogP contribution in [0.4, 0.5) is 14.5 Å². The molecule has 0 saturated carbocycles. The lowest BCUT2D eigenvalue weighted by Gasteiger charge is -2.14. The summed E-state index contributed by atoms with van der Waals surface area (Å²) >= 11 is 0. The van der Waals surface area contributed by atoms with E-state index in [-0.39, 0.29) is 18.0 Å². The highest BCUT2D eigenvalue weighted by atomic mass is 35.5. The number of amides is 1. The zero-order chi connectivity index (χ0) is 14.6. The number of nitrogens with zero attached hydrogens (tertiary/aromatic N) is 1. The summed E-state index contributed by atoms with van der Waals surface area (Å²) in [5.41, 5.74) is 4.75. The normalized spacial score (nSPS) is 10.6. The van der Waals surface area contributed by atoms with E-state index >= 15 is 0 Å². The molecule has 0 spiro atoms. The average molecular weight is 310 g/mol. The average Bonchev–Trinajstić information content (AvgIpc) is 2.35. The van der Waals surface area contributed by atoms with Gasteiger partial charge in [-0.15, -0.1) is 12.4 Å². The number of benzene rings is 1. The van der Waals surface area contributed by atoms with Crippen LogP contribution in [0.5, 0.6) is 0 Å². The molecule has 0 saturated heterocycles. The van der Waals surface area contributed by atoms with E-state index in [9.17, 15) is 23.7 Å². The zero-order valence-electron chi connectivity index (χ0n) is 10.6. The Morgan fingerprint density at radius 3 is 2.60 bits per heavy atom. The van der Waals surface area contributed by atoms with E-state index in [4.69, 9.17) is 5.73 Å². The fourth-order valence-corrected chi connectivity index (χ4v) is 1.37. The molecule has 6 nitrogen and oxygen atoms in total.